The number of hydrogen-bond acceptors (Lipinski definition) is 3. The molecule has 1 atom stereocenters. The predicted octanol–water partition coefficient (Wildman–Crippen LogP) is 2.58. The normalized spacial score (nSPS) is 17.5. The van der Waals surface area contributed by atoms with E-state index in [1.54, 1.807) is 17.3 Å². The SMILES string of the molecule is Cc1ccc(CN2CCN(C(=O)CCc3cccnc3)C(C)C2=O)cc1. The molecule has 3 rings (SSSR count). The maximum atomic E-state index is 12.7. The van der Waals surface area contributed by atoms with E-state index in [1.165, 1.54) is 5.56 Å². The van der Waals surface area contributed by atoms with E-state index in [1.807, 2.05) is 30.9 Å². The summed E-state index contributed by atoms with van der Waals surface area (Å²) in [5.41, 5.74) is 3.36. The number of amides is 2. The number of nitrogens with zero attached hydrogens (tertiary/aromatic N) is 3. The van der Waals surface area contributed by atoms with Gasteiger partial charge >= 0.3 is 0 Å². The van der Waals surface area contributed by atoms with Crippen molar-refractivity contribution in [2.75, 3.05) is 13.1 Å². The molecule has 1 unspecified atom stereocenters. The Morgan fingerprint density at radius 2 is 1.92 bits per heavy atom. The van der Waals surface area contributed by atoms with E-state index < -0.39 is 6.04 Å². The summed E-state index contributed by atoms with van der Waals surface area (Å²) >= 11 is 0. The standard InChI is InChI=1S/C21H25N3O2/c1-16-5-7-19(8-6-16)15-23-12-13-24(17(2)21(23)26)20(25)10-9-18-4-3-11-22-14-18/h3-8,11,14,17H,9-10,12-13,15H2,1-2H3. The maximum Gasteiger partial charge on any atom is 0.245 e. The first kappa shape index (κ1) is 18.1. The van der Waals surface area contributed by atoms with Crippen molar-refractivity contribution in [2.24, 2.45) is 0 Å². The maximum absolute atomic E-state index is 12.7. The van der Waals surface area contributed by atoms with Gasteiger partial charge in [0.25, 0.3) is 0 Å². The molecule has 5 heteroatoms. The third-order valence-electron chi connectivity index (χ3n) is 4.91. The highest BCUT2D eigenvalue weighted by molar-refractivity contribution is 5.88. The lowest BCUT2D eigenvalue weighted by atomic mass is 10.1. The molecule has 1 aromatic heterocycles. The smallest absolute Gasteiger partial charge is 0.245 e. The van der Waals surface area contributed by atoms with Gasteiger partial charge in [-0.25, -0.2) is 0 Å². The zero-order valence-corrected chi connectivity index (χ0v) is 15.4. The molecule has 2 amide bonds. The molecule has 2 heterocycles. The van der Waals surface area contributed by atoms with Gasteiger partial charge in [0.05, 0.1) is 0 Å². The van der Waals surface area contributed by atoms with Crippen molar-refractivity contribution in [3.05, 3.63) is 65.5 Å². The molecule has 5 nitrogen and oxygen atoms in total. The van der Waals surface area contributed by atoms with Crippen molar-refractivity contribution >= 4 is 11.8 Å². The van der Waals surface area contributed by atoms with Crippen LogP contribution >= 0.6 is 0 Å². The lowest BCUT2D eigenvalue weighted by Crippen LogP contribution is -2.57. The van der Waals surface area contributed by atoms with Crippen LogP contribution in [0.3, 0.4) is 0 Å². The van der Waals surface area contributed by atoms with Gasteiger partial charge in [-0.05, 0) is 37.5 Å². The summed E-state index contributed by atoms with van der Waals surface area (Å²) in [4.78, 5) is 32.9. The minimum atomic E-state index is -0.407. The van der Waals surface area contributed by atoms with Crippen LogP contribution in [0.5, 0.6) is 0 Å². The number of benzene rings is 1. The van der Waals surface area contributed by atoms with Gasteiger partial charge in [-0.3, -0.25) is 14.6 Å². The van der Waals surface area contributed by atoms with Gasteiger partial charge in [0.2, 0.25) is 11.8 Å². The number of carbonyl (C=O) groups excluding carboxylic acids is 2. The highest BCUT2D eigenvalue weighted by Gasteiger charge is 2.33. The van der Waals surface area contributed by atoms with Gasteiger partial charge in [0, 0.05) is 38.4 Å². The fourth-order valence-corrected chi connectivity index (χ4v) is 3.28. The topological polar surface area (TPSA) is 53.5 Å². The molecule has 1 fully saturated rings. The van der Waals surface area contributed by atoms with E-state index in [4.69, 9.17) is 0 Å². The van der Waals surface area contributed by atoms with Crippen molar-refractivity contribution in [1.29, 1.82) is 0 Å². The molecule has 0 spiro atoms. The number of aromatic nitrogens is 1. The molecule has 26 heavy (non-hydrogen) atoms. The van der Waals surface area contributed by atoms with Crippen LogP contribution in [0.4, 0.5) is 0 Å². The fraction of sp³-hybridized carbons (Fsp3) is 0.381. The van der Waals surface area contributed by atoms with E-state index in [-0.39, 0.29) is 11.8 Å². The highest BCUT2D eigenvalue weighted by Crippen LogP contribution is 2.17. The van der Waals surface area contributed by atoms with Crippen LogP contribution in [-0.4, -0.2) is 45.7 Å². The Morgan fingerprint density at radius 3 is 2.62 bits per heavy atom. The van der Waals surface area contributed by atoms with Gasteiger partial charge in [-0.15, -0.1) is 0 Å². The van der Waals surface area contributed by atoms with Gasteiger partial charge in [-0.2, -0.15) is 0 Å². The van der Waals surface area contributed by atoms with Gasteiger partial charge < -0.3 is 9.80 Å². The molecule has 1 aliphatic rings. The first-order chi connectivity index (χ1) is 12.5. The Labute approximate surface area is 154 Å². The third-order valence-corrected chi connectivity index (χ3v) is 4.91. The minimum absolute atomic E-state index is 0.0200. The summed E-state index contributed by atoms with van der Waals surface area (Å²) in [7, 11) is 0. The van der Waals surface area contributed by atoms with E-state index in [2.05, 4.69) is 29.2 Å². The Bertz CT molecular complexity index is 759. The number of carbonyl (C=O) groups is 2. The van der Waals surface area contributed by atoms with Crippen molar-refractivity contribution in [3.8, 4) is 0 Å². The molecule has 1 saturated heterocycles. The lowest BCUT2D eigenvalue weighted by molar-refractivity contribution is -0.151. The van der Waals surface area contributed by atoms with Crippen LogP contribution in [0.25, 0.3) is 0 Å². The number of rotatable bonds is 5. The van der Waals surface area contributed by atoms with Crippen LogP contribution in [0.15, 0.2) is 48.8 Å². The Balaban J connectivity index is 1.56. The summed E-state index contributed by atoms with van der Waals surface area (Å²) in [5, 5.41) is 0. The van der Waals surface area contributed by atoms with Gasteiger partial charge in [-0.1, -0.05) is 35.9 Å². The predicted molar refractivity (Wildman–Crippen MR) is 100 cm³/mol. The minimum Gasteiger partial charge on any atom is -0.335 e. The molecule has 136 valence electrons. The second kappa shape index (κ2) is 8.13. The van der Waals surface area contributed by atoms with Gasteiger partial charge in [0.15, 0.2) is 0 Å². The molecule has 1 aliphatic heterocycles. The van der Waals surface area contributed by atoms with Crippen LogP contribution in [-0.2, 0) is 22.6 Å². The van der Waals surface area contributed by atoms with E-state index in [0.29, 0.717) is 32.5 Å². The quantitative estimate of drug-likeness (QED) is 0.832. The zero-order valence-electron chi connectivity index (χ0n) is 15.4. The first-order valence-electron chi connectivity index (χ1n) is 9.07. The molecule has 0 radical (unpaired) electrons. The second-order valence-electron chi connectivity index (χ2n) is 6.87. The molecule has 1 aromatic carbocycles. The Kier molecular flexibility index (Phi) is 5.66. The first-order valence-corrected chi connectivity index (χ1v) is 9.07. The van der Waals surface area contributed by atoms with Gasteiger partial charge in [0.1, 0.15) is 6.04 Å². The summed E-state index contributed by atoms with van der Waals surface area (Å²) in [6.07, 6.45) is 4.55. The molecular formula is C21H25N3O2. The number of aryl methyl sites for hydroxylation is 2. The molecule has 2 aromatic rings. The van der Waals surface area contributed by atoms with Crippen LogP contribution in [0.1, 0.15) is 30.0 Å². The fourth-order valence-electron chi connectivity index (χ4n) is 3.28. The van der Waals surface area contributed by atoms with Crippen molar-refractivity contribution in [2.45, 2.75) is 39.3 Å². The van der Waals surface area contributed by atoms with Crippen molar-refractivity contribution < 1.29 is 9.59 Å². The zero-order chi connectivity index (χ0) is 18.5. The molecule has 0 N–H and O–H groups in total. The lowest BCUT2D eigenvalue weighted by Gasteiger charge is -2.39. The number of piperazine rings is 1. The molecule has 0 bridgehead atoms. The van der Waals surface area contributed by atoms with Crippen LogP contribution in [0, 0.1) is 6.92 Å². The van der Waals surface area contributed by atoms with E-state index >= 15 is 0 Å². The summed E-state index contributed by atoms with van der Waals surface area (Å²) in [5.74, 6) is 0.0521. The average molecular weight is 351 g/mol. The number of hydrogen-bond donors (Lipinski definition) is 0. The largest absolute Gasteiger partial charge is 0.335 e. The van der Waals surface area contributed by atoms with Crippen LogP contribution in [0.2, 0.25) is 0 Å². The Hall–Kier alpha value is -2.69. The highest BCUT2D eigenvalue weighted by atomic mass is 16.2. The van der Waals surface area contributed by atoms with Crippen LogP contribution < -0.4 is 0 Å². The average Bonchev–Trinajstić information content (AvgIpc) is 2.66. The van der Waals surface area contributed by atoms with E-state index in [0.717, 1.165) is 11.1 Å². The van der Waals surface area contributed by atoms with E-state index in [9.17, 15) is 9.59 Å². The Morgan fingerprint density at radius 1 is 1.15 bits per heavy atom. The van der Waals surface area contributed by atoms with Crippen molar-refractivity contribution in [1.82, 2.24) is 14.8 Å². The summed E-state index contributed by atoms with van der Waals surface area (Å²) < 4.78 is 0. The molecule has 0 saturated carbocycles. The molecular weight excluding hydrogens is 326 g/mol. The summed E-state index contributed by atoms with van der Waals surface area (Å²) in [6, 6.07) is 11.7. The summed E-state index contributed by atoms with van der Waals surface area (Å²) in [6.45, 7) is 5.64. The monoisotopic (exact) mass is 351 g/mol. The van der Waals surface area contributed by atoms with Crippen molar-refractivity contribution in [3.63, 3.8) is 0 Å². The second-order valence-corrected chi connectivity index (χ2v) is 6.87. The number of pyridine rings is 1. The molecule has 0 aliphatic carbocycles. The third kappa shape index (κ3) is 4.28.